The Kier molecular flexibility index (Phi) is 16.7. The minimum atomic E-state index is -1.15. The maximum absolute atomic E-state index is 10.2. The van der Waals surface area contributed by atoms with Gasteiger partial charge in [0.1, 0.15) is 6.10 Å². The van der Waals surface area contributed by atoms with Crippen molar-refractivity contribution in [2.45, 2.75) is 71.8 Å². The standard InChI is InChI=1S/C9H18O3.C4H11N/c1-3-5-7-8(6-4-2)12-9(10)11;1-2-3-4-5/h8H,3-7H2,1-2H3,(H,10,11);2-5H2,1H3. The molecule has 0 amide bonds. The molecule has 0 spiro atoms. The maximum Gasteiger partial charge on any atom is 0.506 e. The van der Waals surface area contributed by atoms with Crippen LogP contribution in [0.5, 0.6) is 0 Å². The van der Waals surface area contributed by atoms with E-state index < -0.39 is 6.16 Å². The van der Waals surface area contributed by atoms with E-state index in [-0.39, 0.29) is 6.10 Å². The van der Waals surface area contributed by atoms with Crippen LogP contribution in [0.3, 0.4) is 0 Å². The third-order valence-corrected chi connectivity index (χ3v) is 2.32. The molecule has 0 aliphatic rings. The van der Waals surface area contributed by atoms with E-state index in [1.807, 2.05) is 6.92 Å². The van der Waals surface area contributed by atoms with Crippen molar-refractivity contribution in [1.29, 1.82) is 0 Å². The minimum absolute atomic E-state index is 0.0903. The van der Waals surface area contributed by atoms with E-state index in [0.717, 1.165) is 38.6 Å². The molecule has 1 unspecified atom stereocenters. The van der Waals surface area contributed by atoms with Gasteiger partial charge in [0, 0.05) is 0 Å². The average molecular weight is 247 g/mol. The molecule has 0 aliphatic heterocycles. The molecule has 0 heterocycles. The van der Waals surface area contributed by atoms with Crippen molar-refractivity contribution in [3.63, 3.8) is 0 Å². The first kappa shape index (κ1) is 18.6. The molecule has 0 aromatic rings. The Morgan fingerprint density at radius 1 is 1.12 bits per heavy atom. The largest absolute Gasteiger partial charge is 0.506 e. The summed E-state index contributed by atoms with van der Waals surface area (Å²) in [5, 5.41) is 8.39. The lowest BCUT2D eigenvalue weighted by Gasteiger charge is -2.13. The number of hydrogen-bond donors (Lipinski definition) is 2. The van der Waals surface area contributed by atoms with E-state index in [4.69, 9.17) is 15.6 Å². The van der Waals surface area contributed by atoms with E-state index in [9.17, 15) is 4.79 Å². The molecule has 0 fully saturated rings. The molecule has 104 valence electrons. The highest BCUT2D eigenvalue weighted by atomic mass is 16.7. The molecule has 4 nitrogen and oxygen atoms in total. The van der Waals surface area contributed by atoms with Gasteiger partial charge in [0.15, 0.2) is 0 Å². The van der Waals surface area contributed by atoms with Crippen LogP contribution in [-0.2, 0) is 4.74 Å². The van der Waals surface area contributed by atoms with Crippen LogP contribution < -0.4 is 5.73 Å². The SMILES string of the molecule is CCCCC(CCC)OC(=O)O.CCCCN. The van der Waals surface area contributed by atoms with E-state index >= 15 is 0 Å². The summed E-state index contributed by atoms with van der Waals surface area (Å²) >= 11 is 0. The van der Waals surface area contributed by atoms with Gasteiger partial charge < -0.3 is 15.6 Å². The van der Waals surface area contributed by atoms with Crippen molar-refractivity contribution < 1.29 is 14.6 Å². The van der Waals surface area contributed by atoms with Gasteiger partial charge in [-0.25, -0.2) is 4.79 Å². The van der Waals surface area contributed by atoms with Crippen LogP contribution >= 0.6 is 0 Å². The zero-order valence-electron chi connectivity index (χ0n) is 11.6. The smallest absolute Gasteiger partial charge is 0.450 e. The second-order valence-electron chi connectivity index (χ2n) is 4.08. The number of carboxylic acid groups (broad SMARTS) is 1. The number of nitrogens with two attached hydrogens (primary N) is 1. The number of unbranched alkanes of at least 4 members (excludes halogenated alkanes) is 2. The Morgan fingerprint density at radius 2 is 1.71 bits per heavy atom. The van der Waals surface area contributed by atoms with Gasteiger partial charge in [-0.05, 0) is 25.8 Å². The van der Waals surface area contributed by atoms with Crippen LogP contribution in [0.4, 0.5) is 4.79 Å². The first-order valence-electron chi connectivity index (χ1n) is 6.71. The predicted octanol–water partition coefficient (Wildman–Crippen LogP) is 3.79. The number of carbonyl (C=O) groups is 1. The molecule has 0 bridgehead atoms. The summed E-state index contributed by atoms with van der Waals surface area (Å²) in [5.74, 6) is 0. The molecule has 0 saturated carbocycles. The van der Waals surface area contributed by atoms with Crippen LogP contribution in [0.15, 0.2) is 0 Å². The van der Waals surface area contributed by atoms with Gasteiger partial charge in [0.05, 0.1) is 0 Å². The van der Waals surface area contributed by atoms with Crippen LogP contribution in [0.1, 0.15) is 65.7 Å². The van der Waals surface area contributed by atoms with Crippen molar-refractivity contribution >= 4 is 6.16 Å². The van der Waals surface area contributed by atoms with Gasteiger partial charge >= 0.3 is 6.16 Å². The predicted molar refractivity (Wildman–Crippen MR) is 71.3 cm³/mol. The molecule has 0 rings (SSSR count). The summed E-state index contributed by atoms with van der Waals surface area (Å²) in [5.41, 5.74) is 5.14. The Labute approximate surface area is 106 Å². The first-order valence-corrected chi connectivity index (χ1v) is 6.71. The molecule has 1 atom stereocenters. The van der Waals surface area contributed by atoms with Gasteiger partial charge in [-0.15, -0.1) is 0 Å². The summed E-state index contributed by atoms with van der Waals surface area (Å²) in [6, 6.07) is 0. The molecular formula is C13H29NO3. The molecule has 0 aliphatic carbocycles. The van der Waals surface area contributed by atoms with Crippen molar-refractivity contribution in [2.24, 2.45) is 5.73 Å². The third-order valence-electron chi connectivity index (χ3n) is 2.32. The minimum Gasteiger partial charge on any atom is -0.450 e. The van der Waals surface area contributed by atoms with Crippen molar-refractivity contribution in [3.05, 3.63) is 0 Å². The Hall–Kier alpha value is -0.770. The molecule has 0 aromatic heterocycles. The highest BCUT2D eigenvalue weighted by Gasteiger charge is 2.11. The van der Waals surface area contributed by atoms with Gasteiger partial charge in [-0.3, -0.25) is 0 Å². The normalized spacial score (nSPS) is 11.3. The van der Waals surface area contributed by atoms with Crippen LogP contribution in [0, 0.1) is 0 Å². The number of ether oxygens (including phenoxy) is 1. The lowest BCUT2D eigenvalue weighted by molar-refractivity contribution is 0.0433. The van der Waals surface area contributed by atoms with E-state index in [0.29, 0.717) is 0 Å². The van der Waals surface area contributed by atoms with Crippen molar-refractivity contribution in [2.75, 3.05) is 6.54 Å². The third kappa shape index (κ3) is 17.8. The summed E-state index contributed by atoms with van der Waals surface area (Å²) in [6.45, 7) is 7.09. The fraction of sp³-hybridized carbons (Fsp3) is 0.923. The summed E-state index contributed by atoms with van der Waals surface area (Å²) in [6.07, 6.45) is 5.94. The van der Waals surface area contributed by atoms with Crippen LogP contribution in [0.2, 0.25) is 0 Å². The summed E-state index contributed by atoms with van der Waals surface area (Å²) in [4.78, 5) is 10.2. The highest BCUT2D eigenvalue weighted by molar-refractivity contribution is 5.57. The Bertz CT molecular complexity index is 161. The topological polar surface area (TPSA) is 72.5 Å². The molecule has 3 N–H and O–H groups in total. The molecule has 0 aromatic carbocycles. The second-order valence-corrected chi connectivity index (χ2v) is 4.08. The average Bonchev–Trinajstić information content (AvgIpc) is 2.27. The Morgan fingerprint density at radius 3 is 2.00 bits per heavy atom. The lowest BCUT2D eigenvalue weighted by atomic mass is 10.1. The fourth-order valence-corrected chi connectivity index (χ4v) is 1.36. The molecular weight excluding hydrogens is 218 g/mol. The molecule has 0 radical (unpaired) electrons. The quantitative estimate of drug-likeness (QED) is 0.640. The van der Waals surface area contributed by atoms with E-state index in [2.05, 4.69) is 13.8 Å². The van der Waals surface area contributed by atoms with Crippen LogP contribution in [0.25, 0.3) is 0 Å². The Balaban J connectivity index is 0. The van der Waals surface area contributed by atoms with Gasteiger partial charge in [-0.2, -0.15) is 0 Å². The van der Waals surface area contributed by atoms with Crippen molar-refractivity contribution in [3.8, 4) is 0 Å². The molecule has 0 saturated heterocycles. The summed E-state index contributed by atoms with van der Waals surface area (Å²) < 4.78 is 4.71. The zero-order chi connectivity index (χ0) is 13.5. The zero-order valence-corrected chi connectivity index (χ0v) is 11.6. The first-order chi connectivity index (χ1) is 8.12. The maximum atomic E-state index is 10.2. The van der Waals surface area contributed by atoms with E-state index in [1.165, 1.54) is 12.8 Å². The van der Waals surface area contributed by atoms with Gasteiger partial charge in [0.25, 0.3) is 0 Å². The van der Waals surface area contributed by atoms with Gasteiger partial charge in [0.2, 0.25) is 0 Å². The van der Waals surface area contributed by atoms with Crippen molar-refractivity contribution in [1.82, 2.24) is 0 Å². The van der Waals surface area contributed by atoms with Gasteiger partial charge in [-0.1, -0.05) is 46.5 Å². The number of rotatable bonds is 8. The van der Waals surface area contributed by atoms with Crippen LogP contribution in [-0.4, -0.2) is 23.9 Å². The summed E-state index contributed by atoms with van der Waals surface area (Å²) in [7, 11) is 0. The van der Waals surface area contributed by atoms with E-state index in [1.54, 1.807) is 0 Å². The second kappa shape index (κ2) is 15.2. The monoisotopic (exact) mass is 247 g/mol. The molecule has 4 heteroatoms. The number of hydrogen-bond acceptors (Lipinski definition) is 3. The highest BCUT2D eigenvalue weighted by Crippen LogP contribution is 2.10. The lowest BCUT2D eigenvalue weighted by Crippen LogP contribution is -2.16. The fourth-order valence-electron chi connectivity index (χ4n) is 1.36. The molecule has 17 heavy (non-hydrogen) atoms.